The summed E-state index contributed by atoms with van der Waals surface area (Å²) in [5.74, 6) is 0.114. The molecule has 2 aromatic rings. The first kappa shape index (κ1) is 17.1. The molecule has 0 aliphatic carbocycles. The molecule has 0 radical (unpaired) electrons. The predicted octanol–water partition coefficient (Wildman–Crippen LogP) is 3.32. The third kappa shape index (κ3) is 3.67. The third-order valence-corrected chi connectivity index (χ3v) is 4.80. The van der Waals surface area contributed by atoms with Gasteiger partial charge in [-0.2, -0.15) is 0 Å². The van der Waals surface area contributed by atoms with E-state index in [1.165, 1.54) is 0 Å². The van der Waals surface area contributed by atoms with Gasteiger partial charge in [0.05, 0.1) is 5.56 Å². The van der Waals surface area contributed by atoms with Gasteiger partial charge in [-0.1, -0.05) is 12.1 Å². The third-order valence-electron chi connectivity index (χ3n) is 3.99. The van der Waals surface area contributed by atoms with Gasteiger partial charge in [0.15, 0.2) is 10.4 Å². The van der Waals surface area contributed by atoms with Crippen molar-refractivity contribution < 1.29 is 14.0 Å². The fraction of sp³-hybridized carbons (Fsp3) is 0.294. The molecule has 0 saturated carbocycles. The topological polar surface area (TPSA) is 53.8 Å². The van der Waals surface area contributed by atoms with Crippen molar-refractivity contribution >= 4 is 40.4 Å². The summed E-state index contributed by atoms with van der Waals surface area (Å²) in [4.78, 5) is 29.3. The number of carbonyl (C=O) groups is 2. The molecule has 1 aliphatic heterocycles. The van der Waals surface area contributed by atoms with Crippen molar-refractivity contribution in [3.8, 4) is 0 Å². The van der Waals surface area contributed by atoms with E-state index in [0.29, 0.717) is 47.1 Å². The number of furan rings is 1. The summed E-state index contributed by atoms with van der Waals surface area (Å²) in [5.41, 5.74) is 0.593. The lowest BCUT2D eigenvalue weighted by Gasteiger charge is -2.22. The Balaban J connectivity index is 1.68. The summed E-state index contributed by atoms with van der Waals surface area (Å²) in [7, 11) is 0. The van der Waals surface area contributed by atoms with Crippen LogP contribution in [0.3, 0.4) is 0 Å². The van der Waals surface area contributed by atoms with E-state index in [0.717, 1.165) is 6.42 Å². The molecule has 1 saturated heterocycles. The molecule has 1 aromatic heterocycles. The van der Waals surface area contributed by atoms with E-state index in [4.69, 9.17) is 4.42 Å². The Labute approximate surface area is 154 Å². The number of rotatable bonds is 2. The molecule has 1 aromatic carbocycles. The van der Waals surface area contributed by atoms with Gasteiger partial charge < -0.3 is 14.2 Å². The molecule has 1 aliphatic rings. The highest BCUT2D eigenvalue weighted by Gasteiger charge is 2.25. The van der Waals surface area contributed by atoms with Gasteiger partial charge in [0, 0.05) is 31.1 Å². The molecule has 126 valence electrons. The Hall–Kier alpha value is -1.73. The van der Waals surface area contributed by atoms with Crippen molar-refractivity contribution in [2.24, 2.45) is 0 Å². The Morgan fingerprint density at radius 3 is 2.25 bits per heavy atom. The average molecular weight is 409 g/mol. The van der Waals surface area contributed by atoms with Gasteiger partial charge >= 0.3 is 0 Å². The number of benzene rings is 1. The first-order valence-electron chi connectivity index (χ1n) is 7.68. The van der Waals surface area contributed by atoms with Crippen LogP contribution in [0.15, 0.2) is 50.4 Å². The number of amides is 2. The second-order valence-corrected chi connectivity index (χ2v) is 6.82. The molecule has 2 amide bonds. The Kier molecular flexibility index (Phi) is 5.30. The van der Waals surface area contributed by atoms with Crippen molar-refractivity contribution in [3.63, 3.8) is 0 Å². The fourth-order valence-electron chi connectivity index (χ4n) is 2.73. The van der Waals surface area contributed by atoms with Crippen LogP contribution in [0.1, 0.15) is 27.3 Å². The van der Waals surface area contributed by atoms with Crippen molar-refractivity contribution in [2.75, 3.05) is 26.2 Å². The molecule has 24 heavy (non-hydrogen) atoms. The van der Waals surface area contributed by atoms with Crippen molar-refractivity contribution in [1.82, 2.24) is 9.80 Å². The fourth-order valence-corrected chi connectivity index (χ4v) is 3.30. The molecule has 0 unspecified atom stereocenters. The van der Waals surface area contributed by atoms with E-state index in [1.54, 1.807) is 34.1 Å². The summed E-state index contributed by atoms with van der Waals surface area (Å²) in [5, 5.41) is 0. The van der Waals surface area contributed by atoms with Crippen molar-refractivity contribution in [2.45, 2.75) is 11.3 Å². The highest BCUT2D eigenvalue weighted by atomic mass is 79.9. The van der Waals surface area contributed by atoms with E-state index in [9.17, 15) is 9.59 Å². The van der Waals surface area contributed by atoms with Gasteiger partial charge in [-0.15, -0.1) is 12.6 Å². The number of nitrogens with zero attached hydrogens (tertiary/aromatic N) is 2. The number of thiol groups is 1. The second kappa shape index (κ2) is 7.44. The van der Waals surface area contributed by atoms with Gasteiger partial charge in [0.1, 0.15) is 0 Å². The summed E-state index contributed by atoms with van der Waals surface area (Å²) in [6, 6.07) is 10.6. The van der Waals surface area contributed by atoms with Crippen LogP contribution in [-0.4, -0.2) is 47.8 Å². The molecule has 0 N–H and O–H groups in total. The van der Waals surface area contributed by atoms with Crippen LogP contribution in [0.5, 0.6) is 0 Å². The van der Waals surface area contributed by atoms with Gasteiger partial charge in [-0.05, 0) is 46.6 Å². The Morgan fingerprint density at radius 1 is 0.958 bits per heavy atom. The summed E-state index contributed by atoms with van der Waals surface area (Å²) < 4.78 is 5.86. The normalized spacial score (nSPS) is 15.2. The molecule has 7 heteroatoms. The van der Waals surface area contributed by atoms with Crippen LogP contribution in [0, 0.1) is 0 Å². The quantitative estimate of drug-likeness (QED) is 0.775. The van der Waals surface area contributed by atoms with Crippen LogP contribution in [-0.2, 0) is 0 Å². The zero-order valence-electron chi connectivity index (χ0n) is 12.9. The number of halogens is 1. The van der Waals surface area contributed by atoms with E-state index in [2.05, 4.69) is 28.6 Å². The number of hydrogen-bond donors (Lipinski definition) is 1. The van der Waals surface area contributed by atoms with E-state index in [-0.39, 0.29) is 11.8 Å². The molecule has 0 spiro atoms. The van der Waals surface area contributed by atoms with E-state index < -0.39 is 0 Å². The molecule has 0 bridgehead atoms. The largest absolute Gasteiger partial charge is 0.444 e. The zero-order valence-corrected chi connectivity index (χ0v) is 15.4. The van der Waals surface area contributed by atoms with Gasteiger partial charge in [0.25, 0.3) is 11.8 Å². The van der Waals surface area contributed by atoms with Crippen molar-refractivity contribution in [3.05, 3.63) is 52.4 Å². The van der Waals surface area contributed by atoms with Gasteiger partial charge in [0.2, 0.25) is 0 Å². The average Bonchev–Trinajstić information content (AvgIpc) is 2.87. The minimum absolute atomic E-state index is 0.0457. The minimum atomic E-state index is -0.149. The maximum absolute atomic E-state index is 12.7. The maximum atomic E-state index is 12.7. The van der Waals surface area contributed by atoms with Crippen LogP contribution < -0.4 is 0 Å². The number of hydrogen-bond acceptors (Lipinski definition) is 4. The van der Waals surface area contributed by atoms with Gasteiger partial charge in [-0.25, -0.2) is 0 Å². The lowest BCUT2D eigenvalue weighted by molar-refractivity contribution is 0.0698. The van der Waals surface area contributed by atoms with Crippen molar-refractivity contribution in [1.29, 1.82) is 0 Å². The van der Waals surface area contributed by atoms with Gasteiger partial charge in [-0.3, -0.25) is 9.59 Å². The SMILES string of the molecule is O=C(c1ccc(Br)o1)N1CCCN(C(=O)c2ccccc2S)CC1. The molecule has 2 heterocycles. The summed E-state index contributed by atoms with van der Waals surface area (Å²) in [6.07, 6.45) is 0.730. The maximum Gasteiger partial charge on any atom is 0.289 e. The van der Waals surface area contributed by atoms with E-state index >= 15 is 0 Å². The summed E-state index contributed by atoms with van der Waals surface area (Å²) >= 11 is 7.56. The molecule has 1 fully saturated rings. The predicted molar refractivity (Wildman–Crippen MR) is 96.5 cm³/mol. The Morgan fingerprint density at radius 2 is 1.62 bits per heavy atom. The minimum Gasteiger partial charge on any atom is -0.444 e. The highest BCUT2D eigenvalue weighted by molar-refractivity contribution is 9.10. The monoisotopic (exact) mass is 408 g/mol. The Bertz CT molecular complexity index is 762. The first-order chi connectivity index (χ1) is 11.6. The highest BCUT2D eigenvalue weighted by Crippen LogP contribution is 2.19. The zero-order chi connectivity index (χ0) is 17.1. The lowest BCUT2D eigenvalue weighted by atomic mass is 10.2. The van der Waals surface area contributed by atoms with Crippen LogP contribution in [0.4, 0.5) is 0 Å². The van der Waals surface area contributed by atoms with E-state index in [1.807, 2.05) is 12.1 Å². The molecule has 0 atom stereocenters. The standard InChI is InChI=1S/C17H17BrN2O3S/c18-15-7-6-13(23-15)17(22)20-9-3-8-19(10-11-20)16(21)12-4-1-2-5-14(12)24/h1-2,4-7,24H,3,8-11H2. The molecule has 3 rings (SSSR count). The molecular formula is C17H17BrN2O3S. The summed E-state index contributed by atoms with van der Waals surface area (Å²) in [6.45, 7) is 2.20. The van der Waals surface area contributed by atoms with Crippen LogP contribution in [0.2, 0.25) is 0 Å². The second-order valence-electron chi connectivity index (χ2n) is 5.56. The lowest BCUT2D eigenvalue weighted by Crippen LogP contribution is -2.37. The smallest absolute Gasteiger partial charge is 0.289 e. The number of carbonyl (C=O) groups excluding carboxylic acids is 2. The molecule has 5 nitrogen and oxygen atoms in total. The van der Waals surface area contributed by atoms with Crippen LogP contribution >= 0.6 is 28.6 Å². The first-order valence-corrected chi connectivity index (χ1v) is 8.92. The van der Waals surface area contributed by atoms with Crippen LogP contribution in [0.25, 0.3) is 0 Å². The molecular weight excluding hydrogens is 392 g/mol.